The molecule has 0 spiro atoms. The summed E-state index contributed by atoms with van der Waals surface area (Å²) in [6.45, 7) is 4.03. The molecular weight excluding hydrogens is 210 g/mol. The van der Waals surface area contributed by atoms with Crippen molar-refractivity contribution in [1.29, 1.82) is 0 Å². The maximum absolute atomic E-state index is 11.4. The highest BCUT2D eigenvalue weighted by atomic mass is 32.2. The van der Waals surface area contributed by atoms with Crippen molar-refractivity contribution in [2.75, 3.05) is 18.6 Å². The Morgan fingerprint density at radius 1 is 1.60 bits per heavy atom. The van der Waals surface area contributed by atoms with Crippen molar-refractivity contribution in [3.8, 4) is 0 Å². The average molecular weight is 231 g/mol. The van der Waals surface area contributed by atoms with Gasteiger partial charge in [0.05, 0.1) is 13.5 Å². The lowest BCUT2D eigenvalue weighted by atomic mass is 9.68. The minimum absolute atomic E-state index is 0.0942. The summed E-state index contributed by atoms with van der Waals surface area (Å²) in [5.41, 5.74) is 5.81. The van der Waals surface area contributed by atoms with Gasteiger partial charge in [-0.3, -0.25) is 4.79 Å². The maximum Gasteiger partial charge on any atom is 0.306 e. The van der Waals surface area contributed by atoms with E-state index < -0.39 is 0 Å². The molecule has 0 saturated carbocycles. The van der Waals surface area contributed by atoms with Crippen LogP contribution in [-0.2, 0) is 9.53 Å². The number of nitrogens with two attached hydrogens (primary N) is 1. The lowest BCUT2D eigenvalue weighted by Crippen LogP contribution is -2.54. The van der Waals surface area contributed by atoms with Crippen LogP contribution in [-0.4, -0.2) is 30.1 Å². The normalized spacial score (nSPS) is 27.5. The Morgan fingerprint density at radius 2 is 2.27 bits per heavy atom. The van der Waals surface area contributed by atoms with Gasteiger partial charge in [-0.15, -0.1) is 0 Å². The smallest absolute Gasteiger partial charge is 0.306 e. The minimum atomic E-state index is -0.325. The second kappa shape index (κ2) is 4.74. The van der Waals surface area contributed by atoms with Crippen LogP contribution >= 0.6 is 11.8 Å². The first-order valence-corrected chi connectivity index (χ1v) is 6.50. The Morgan fingerprint density at radius 3 is 2.67 bits per heavy atom. The number of carbonyl (C=O) groups excluding carboxylic acids is 1. The number of hydrogen-bond acceptors (Lipinski definition) is 4. The van der Waals surface area contributed by atoms with E-state index in [0.29, 0.717) is 6.42 Å². The Labute approximate surface area is 96.1 Å². The summed E-state index contributed by atoms with van der Waals surface area (Å²) in [5, 5.41) is 0. The van der Waals surface area contributed by atoms with Gasteiger partial charge >= 0.3 is 5.97 Å². The van der Waals surface area contributed by atoms with Crippen LogP contribution < -0.4 is 5.73 Å². The summed E-state index contributed by atoms with van der Waals surface area (Å²) in [6.07, 6.45) is 2.61. The quantitative estimate of drug-likeness (QED) is 0.753. The first-order chi connectivity index (χ1) is 6.91. The van der Waals surface area contributed by atoms with Crippen molar-refractivity contribution in [2.24, 2.45) is 11.1 Å². The molecule has 1 unspecified atom stereocenters. The third kappa shape index (κ3) is 2.88. The topological polar surface area (TPSA) is 52.3 Å². The van der Waals surface area contributed by atoms with Crippen molar-refractivity contribution in [3.05, 3.63) is 0 Å². The van der Waals surface area contributed by atoms with Gasteiger partial charge < -0.3 is 10.5 Å². The van der Waals surface area contributed by atoms with Gasteiger partial charge in [-0.2, -0.15) is 11.8 Å². The molecule has 0 bridgehead atoms. The summed E-state index contributed by atoms with van der Waals surface area (Å²) in [4.78, 5) is 11.4. The number of thioether (sulfide) groups is 1. The number of ether oxygens (including phenoxy) is 1. The molecule has 0 aromatic rings. The molecule has 0 aromatic carbocycles. The van der Waals surface area contributed by atoms with Crippen molar-refractivity contribution >= 4 is 17.7 Å². The zero-order valence-electron chi connectivity index (χ0n) is 9.84. The molecule has 15 heavy (non-hydrogen) atoms. The van der Waals surface area contributed by atoms with Crippen molar-refractivity contribution in [1.82, 2.24) is 0 Å². The van der Waals surface area contributed by atoms with Crippen molar-refractivity contribution in [3.63, 3.8) is 0 Å². The van der Waals surface area contributed by atoms with Crippen LogP contribution in [0.25, 0.3) is 0 Å². The maximum atomic E-state index is 11.4. The second-order valence-corrected chi connectivity index (χ2v) is 6.02. The highest BCUT2D eigenvalue weighted by Gasteiger charge is 2.45. The monoisotopic (exact) mass is 231 g/mol. The van der Waals surface area contributed by atoms with E-state index in [1.165, 1.54) is 12.9 Å². The Balaban J connectivity index is 2.80. The fourth-order valence-corrected chi connectivity index (χ4v) is 3.58. The van der Waals surface area contributed by atoms with Gasteiger partial charge in [0.25, 0.3) is 0 Å². The molecule has 1 rings (SSSR count). The third-order valence-electron chi connectivity index (χ3n) is 3.40. The van der Waals surface area contributed by atoms with Crippen molar-refractivity contribution < 1.29 is 9.53 Å². The average Bonchev–Trinajstić information content (AvgIpc) is 2.17. The molecule has 1 fully saturated rings. The van der Waals surface area contributed by atoms with Crippen LogP contribution in [0.5, 0.6) is 0 Å². The van der Waals surface area contributed by atoms with Crippen LogP contribution in [0, 0.1) is 5.41 Å². The van der Waals surface area contributed by atoms with Gasteiger partial charge in [-0.05, 0) is 32.4 Å². The van der Waals surface area contributed by atoms with E-state index in [1.54, 1.807) is 0 Å². The predicted octanol–water partition coefficient (Wildman–Crippen LogP) is 1.80. The number of methoxy groups -OCH3 is 1. The Kier molecular flexibility index (Phi) is 4.06. The van der Waals surface area contributed by atoms with Gasteiger partial charge in [-0.25, -0.2) is 0 Å². The van der Waals surface area contributed by atoms with E-state index in [4.69, 9.17) is 10.5 Å². The third-order valence-corrected chi connectivity index (χ3v) is 4.73. The molecule has 1 saturated heterocycles. The van der Waals surface area contributed by atoms with Gasteiger partial charge in [0.2, 0.25) is 0 Å². The predicted molar refractivity (Wildman–Crippen MR) is 63.9 cm³/mol. The summed E-state index contributed by atoms with van der Waals surface area (Å²) in [5.74, 6) is 2.00. The molecule has 0 radical (unpaired) electrons. The summed E-state index contributed by atoms with van der Waals surface area (Å²) >= 11 is 1.89. The zero-order valence-corrected chi connectivity index (χ0v) is 10.7. The van der Waals surface area contributed by atoms with Crippen LogP contribution in [0.3, 0.4) is 0 Å². The van der Waals surface area contributed by atoms with Gasteiger partial charge in [0.1, 0.15) is 0 Å². The molecule has 88 valence electrons. The van der Waals surface area contributed by atoms with Crippen LogP contribution in [0.2, 0.25) is 0 Å². The summed E-state index contributed by atoms with van der Waals surface area (Å²) in [7, 11) is 1.44. The van der Waals surface area contributed by atoms with E-state index in [9.17, 15) is 4.79 Å². The fourth-order valence-electron chi connectivity index (χ4n) is 2.08. The van der Waals surface area contributed by atoms with Crippen LogP contribution in [0.15, 0.2) is 0 Å². The molecule has 0 aromatic heterocycles. The first kappa shape index (κ1) is 12.8. The standard InChI is InChI=1S/C11H21NO2S/c1-10(2,12)11(7-9(13)14-3)5-4-6-15-8-11/h4-8,12H2,1-3H3. The van der Waals surface area contributed by atoms with E-state index in [2.05, 4.69) is 0 Å². The molecule has 4 heteroatoms. The zero-order chi connectivity index (χ0) is 11.5. The van der Waals surface area contributed by atoms with E-state index in [-0.39, 0.29) is 16.9 Å². The van der Waals surface area contributed by atoms with Crippen molar-refractivity contribution in [2.45, 2.75) is 38.6 Å². The largest absolute Gasteiger partial charge is 0.469 e. The molecule has 0 amide bonds. The SMILES string of the molecule is COC(=O)CC1(C(C)(C)N)CCCSC1. The van der Waals surface area contributed by atoms with Crippen LogP contribution in [0.1, 0.15) is 33.1 Å². The van der Waals surface area contributed by atoms with Gasteiger partial charge in [-0.1, -0.05) is 0 Å². The molecule has 1 aliphatic heterocycles. The van der Waals surface area contributed by atoms with Gasteiger partial charge in [0, 0.05) is 16.7 Å². The van der Waals surface area contributed by atoms with E-state index in [0.717, 1.165) is 18.6 Å². The lowest BCUT2D eigenvalue weighted by Gasteiger charge is -2.46. The molecule has 0 aliphatic carbocycles. The Bertz CT molecular complexity index is 229. The highest BCUT2D eigenvalue weighted by Crippen LogP contribution is 2.44. The van der Waals surface area contributed by atoms with E-state index >= 15 is 0 Å². The van der Waals surface area contributed by atoms with Crippen LogP contribution in [0.4, 0.5) is 0 Å². The molecule has 1 aliphatic rings. The number of rotatable bonds is 3. The fraction of sp³-hybridized carbons (Fsp3) is 0.909. The summed E-state index contributed by atoms with van der Waals surface area (Å²) in [6, 6.07) is 0. The number of hydrogen-bond donors (Lipinski definition) is 1. The molecule has 3 nitrogen and oxygen atoms in total. The lowest BCUT2D eigenvalue weighted by molar-refractivity contribution is -0.144. The number of carbonyl (C=O) groups is 1. The molecule has 2 N–H and O–H groups in total. The number of esters is 1. The summed E-state index contributed by atoms with van der Waals surface area (Å²) < 4.78 is 4.77. The highest BCUT2D eigenvalue weighted by molar-refractivity contribution is 7.99. The van der Waals surface area contributed by atoms with Gasteiger partial charge in [0.15, 0.2) is 0 Å². The second-order valence-electron chi connectivity index (χ2n) is 4.91. The van der Waals surface area contributed by atoms with E-state index in [1.807, 2.05) is 25.6 Å². The molecular formula is C11H21NO2S. The first-order valence-electron chi connectivity index (χ1n) is 5.35. The Hall–Kier alpha value is -0.220. The minimum Gasteiger partial charge on any atom is -0.469 e. The molecule has 1 atom stereocenters. The molecule has 1 heterocycles.